The molecule has 7 heteroatoms. The standard InChI is InChI=1S/C17H16Cl2N2O2S/c1-10(17(23)21-15-8-12(18)7-13(19)9-15)24-16-5-3-14(4-6-16)20-11(2)22/h3-10H,1-2H3,(H,20,22)(H,21,23)/t10-/m0/s1. The Bertz CT molecular complexity index is 731. The molecule has 0 saturated carbocycles. The van der Waals surface area contributed by atoms with Gasteiger partial charge in [-0.2, -0.15) is 0 Å². The van der Waals surface area contributed by atoms with Crippen molar-refractivity contribution in [1.29, 1.82) is 0 Å². The van der Waals surface area contributed by atoms with E-state index in [1.165, 1.54) is 18.7 Å². The van der Waals surface area contributed by atoms with E-state index < -0.39 is 0 Å². The number of amides is 2. The zero-order valence-corrected chi connectivity index (χ0v) is 15.4. The summed E-state index contributed by atoms with van der Waals surface area (Å²) in [5.41, 5.74) is 1.28. The Kier molecular flexibility index (Phi) is 6.54. The van der Waals surface area contributed by atoms with E-state index in [0.29, 0.717) is 15.7 Å². The maximum atomic E-state index is 12.3. The first kappa shape index (κ1) is 18.6. The van der Waals surface area contributed by atoms with Crippen molar-refractivity contribution in [1.82, 2.24) is 0 Å². The number of thioether (sulfide) groups is 1. The second-order valence-electron chi connectivity index (χ2n) is 5.11. The van der Waals surface area contributed by atoms with E-state index in [4.69, 9.17) is 23.2 Å². The molecule has 2 amide bonds. The van der Waals surface area contributed by atoms with Crippen molar-refractivity contribution in [2.45, 2.75) is 24.0 Å². The van der Waals surface area contributed by atoms with Gasteiger partial charge in [-0.05, 0) is 49.4 Å². The molecule has 0 aromatic heterocycles. The van der Waals surface area contributed by atoms with Crippen LogP contribution in [0, 0.1) is 0 Å². The van der Waals surface area contributed by atoms with Crippen molar-refractivity contribution in [3.8, 4) is 0 Å². The Hall–Kier alpha value is -1.69. The molecule has 1 atom stereocenters. The van der Waals surface area contributed by atoms with Crippen molar-refractivity contribution >= 4 is 58.2 Å². The van der Waals surface area contributed by atoms with Gasteiger partial charge in [-0.3, -0.25) is 9.59 Å². The fraction of sp³-hybridized carbons (Fsp3) is 0.176. The van der Waals surface area contributed by atoms with Crippen LogP contribution in [0.5, 0.6) is 0 Å². The lowest BCUT2D eigenvalue weighted by atomic mass is 10.3. The van der Waals surface area contributed by atoms with E-state index in [1.54, 1.807) is 30.3 Å². The quantitative estimate of drug-likeness (QED) is 0.709. The lowest BCUT2D eigenvalue weighted by molar-refractivity contribution is -0.115. The molecule has 0 aliphatic rings. The number of rotatable bonds is 5. The number of benzene rings is 2. The number of carbonyl (C=O) groups excluding carboxylic acids is 2. The van der Waals surface area contributed by atoms with Gasteiger partial charge in [0.25, 0.3) is 0 Å². The molecule has 2 aromatic rings. The van der Waals surface area contributed by atoms with Gasteiger partial charge in [0, 0.05) is 33.2 Å². The summed E-state index contributed by atoms with van der Waals surface area (Å²) in [4.78, 5) is 24.2. The van der Waals surface area contributed by atoms with E-state index in [-0.39, 0.29) is 17.1 Å². The zero-order chi connectivity index (χ0) is 17.7. The highest BCUT2D eigenvalue weighted by Crippen LogP contribution is 2.27. The Morgan fingerprint density at radius 3 is 2.08 bits per heavy atom. The Morgan fingerprint density at radius 2 is 1.54 bits per heavy atom. The van der Waals surface area contributed by atoms with Crippen LogP contribution in [0.1, 0.15) is 13.8 Å². The first-order chi connectivity index (χ1) is 11.3. The van der Waals surface area contributed by atoms with Gasteiger partial charge in [-0.1, -0.05) is 23.2 Å². The molecule has 0 radical (unpaired) electrons. The lowest BCUT2D eigenvalue weighted by Crippen LogP contribution is -2.22. The monoisotopic (exact) mass is 382 g/mol. The first-order valence-corrected chi connectivity index (χ1v) is 8.78. The van der Waals surface area contributed by atoms with Crippen molar-refractivity contribution in [2.24, 2.45) is 0 Å². The number of halogens is 2. The molecule has 0 spiro atoms. The normalized spacial score (nSPS) is 11.7. The molecule has 0 bridgehead atoms. The molecule has 0 fully saturated rings. The molecule has 0 saturated heterocycles. The van der Waals surface area contributed by atoms with Gasteiger partial charge in [0.2, 0.25) is 11.8 Å². The molecule has 2 aromatic carbocycles. The van der Waals surface area contributed by atoms with Crippen molar-refractivity contribution in [2.75, 3.05) is 10.6 Å². The van der Waals surface area contributed by atoms with E-state index in [9.17, 15) is 9.59 Å². The zero-order valence-electron chi connectivity index (χ0n) is 13.1. The van der Waals surface area contributed by atoms with Crippen LogP contribution in [0.15, 0.2) is 47.4 Å². The average molecular weight is 383 g/mol. The Labute approximate surface area is 154 Å². The number of nitrogens with one attached hydrogen (secondary N) is 2. The highest BCUT2D eigenvalue weighted by atomic mass is 35.5. The summed E-state index contributed by atoms with van der Waals surface area (Å²) in [6, 6.07) is 12.2. The Balaban J connectivity index is 1.97. The maximum absolute atomic E-state index is 12.3. The van der Waals surface area contributed by atoms with Gasteiger partial charge in [0.15, 0.2) is 0 Å². The highest BCUT2D eigenvalue weighted by Gasteiger charge is 2.15. The van der Waals surface area contributed by atoms with Gasteiger partial charge < -0.3 is 10.6 Å². The fourth-order valence-electron chi connectivity index (χ4n) is 1.95. The van der Waals surface area contributed by atoms with E-state index in [1.807, 2.05) is 19.1 Å². The fourth-order valence-corrected chi connectivity index (χ4v) is 3.34. The molecular formula is C17H16Cl2N2O2S. The third-order valence-electron chi connectivity index (χ3n) is 2.99. The second kappa shape index (κ2) is 8.42. The minimum absolute atomic E-state index is 0.122. The molecular weight excluding hydrogens is 367 g/mol. The Morgan fingerprint density at radius 1 is 0.958 bits per heavy atom. The summed E-state index contributed by atoms with van der Waals surface area (Å²) in [6.45, 7) is 3.27. The molecule has 126 valence electrons. The molecule has 0 aliphatic heterocycles. The van der Waals surface area contributed by atoms with Crippen LogP contribution in [-0.2, 0) is 9.59 Å². The summed E-state index contributed by atoms with van der Waals surface area (Å²) in [5, 5.41) is 6.11. The van der Waals surface area contributed by atoms with Gasteiger partial charge in [0.1, 0.15) is 0 Å². The van der Waals surface area contributed by atoms with E-state index >= 15 is 0 Å². The van der Waals surface area contributed by atoms with Gasteiger partial charge in [0.05, 0.1) is 5.25 Å². The first-order valence-electron chi connectivity index (χ1n) is 7.15. The second-order valence-corrected chi connectivity index (χ2v) is 7.40. The topological polar surface area (TPSA) is 58.2 Å². The van der Waals surface area contributed by atoms with Crippen LogP contribution in [0.2, 0.25) is 10.0 Å². The van der Waals surface area contributed by atoms with Crippen molar-refractivity contribution in [3.63, 3.8) is 0 Å². The summed E-state index contributed by atoms with van der Waals surface area (Å²) < 4.78 is 0. The molecule has 24 heavy (non-hydrogen) atoms. The lowest BCUT2D eigenvalue weighted by Gasteiger charge is -2.13. The predicted molar refractivity (Wildman–Crippen MR) is 101 cm³/mol. The summed E-state index contributed by atoms with van der Waals surface area (Å²) in [7, 11) is 0. The minimum atomic E-state index is -0.311. The number of hydrogen-bond donors (Lipinski definition) is 2. The SMILES string of the molecule is CC(=O)Nc1ccc(S[C@@H](C)C(=O)Nc2cc(Cl)cc(Cl)c2)cc1. The number of anilines is 2. The van der Waals surface area contributed by atoms with Crippen LogP contribution >= 0.6 is 35.0 Å². The van der Waals surface area contributed by atoms with E-state index in [0.717, 1.165) is 10.6 Å². The maximum Gasteiger partial charge on any atom is 0.237 e. The van der Waals surface area contributed by atoms with Crippen LogP contribution in [0.3, 0.4) is 0 Å². The van der Waals surface area contributed by atoms with E-state index in [2.05, 4.69) is 10.6 Å². The van der Waals surface area contributed by atoms with Crippen molar-refractivity contribution < 1.29 is 9.59 Å². The third kappa shape index (κ3) is 5.74. The van der Waals surface area contributed by atoms with Crippen LogP contribution in [0.25, 0.3) is 0 Å². The molecule has 0 unspecified atom stereocenters. The van der Waals surface area contributed by atoms with Gasteiger partial charge in [-0.15, -0.1) is 11.8 Å². The molecule has 0 heterocycles. The number of carbonyl (C=O) groups is 2. The van der Waals surface area contributed by atoms with Crippen molar-refractivity contribution in [3.05, 3.63) is 52.5 Å². The number of hydrogen-bond acceptors (Lipinski definition) is 3. The predicted octanol–water partition coefficient (Wildman–Crippen LogP) is 5.07. The molecule has 0 aliphatic carbocycles. The van der Waals surface area contributed by atoms with Gasteiger partial charge >= 0.3 is 0 Å². The van der Waals surface area contributed by atoms with Crippen LogP contribution in [0.4, 0.5) is 11.4 Å². The van der Waals surface area contributed by atoms with Crippen LogP contribution in [-0.4, -0.2) is 17.1 Å². The molecule has 2 rings (SSSR count). The summed E-state index contributed by atoms with van der Waals surface area (Å²) in [5.74, 6) is -0.271. The highest BCUT2D eigenvalue weighted by molar-refractivity contribution is 8.00. The minimum Gasteiger partial charge on any atom is -0.326 e. The molecule has 2 N–H and O–H groups in total. The third-order valence-corrected chi connectivity index (χ3v) is 4.54. The average Bonchev–Trinajstić information content (AvgIpc) is 2.47. The molecule has 4 nitrogen and oxygen atoms in total. The van der Waals surface area contributed by atoms with Crippen LogP contribution < -0.4 is 10.6 Å². The smallest absolute Gasteiger partial charge is 0.237 e. The largest absolute Gasteiger partial charge is 0.326 e. The van der Waals surface area contributed by atoms with Gasteiger partial charge in [-0.25, -0.2) is 0 Å². The summed E-state index contributed by atoms with van der Waals surface area (Å²) >= 11 is 13.3. The summed E-state index contributed by atoms with van der Waals surface area (Å²) in [6.07, 6.45) is 0.